The Morgan fingerprint density at radius 2 is 2.36 bits per heavy atom. The predicted molar refractivity (Wildman–Crippen MR) is 54.5 cm³/mol. The third-order valence-electron chi connectivity index (χ3n) is 2.80. The monoisotopic (exact) mass is 194 g/mol. The Balaban J connectivity index is 2.53. The molecular formula is C11H18N2O. The summed E-state index contributed by atoms with van der Waals surface area (Å²) >= 11 is 0. The Morgan fingerprint density at radius 3 is 3.00 bits per heavy atom. The van der Waals surface area contributed by atoms with Gasteiger partial charge in [-0.1, -0.05) is 13.3 Å². The van der Waals surface area contributed by atoms with Crippen molar-refractivity contribution in [3.05, 3.63) is 0 Å². The molecule has 78 valence electrons. The van der Waals surface area contributed by atoms with Gasteiger partial charge in [0.1, 0.15) is 6.42 Å². The van der Waals surface area contributed by atoms with E-state index in [2.05, 4.69) is 6.92 Å². The van der Waals surface area contributed by atoms with Crippen molar-refractivity contribution in [2.45, 2.75) is 51.5 Å². The van der Waals surface area contributed by atoms with Crippen LogP contribution in [-0.4, -0.2) is 23.4 Å². The minimum absolute atomic E-state index is 0.0191. The number of nitrogens with zero attached hydrogens (tertiary/aromatic N) is 2. The molecular weight excluding hydrogens is 176 g/mol. The molecule has 1 heterocycles. The van der Waals surface area contributed by atoms with Crippen LogP contribution in [0.25, 0.3) is 0 Å². The van der Waals surface area contributed by atoms with E-state index in [-0.39, 0.29) is 12.3 Å². The lowest BCUT2D eigenvalue weighted by molar-refractivity contribution is -0.133. The highest BCUT2D eigenvalue weighted by Gasteiger charge is 2.25. The molecule has 0 radical (unpaired) electrons. The van der Waals surface area contributed by atoms with Gasteiger partial charge in [0.25, 0.3) is 0 Å². The molecule has 0 spiro atoms. The molecule has 0 bridgehead atoms. The van der Waals surface area contributed by atoms with E-state index < -0.39 is 0 Å². The molecule has 14 heavy (non-hydrogen) atoms. The number of nitriles is 1. The molecule has 1 atom stereocenters. The number of likely N-dealkylation sites (tertiary alicyclic amines) is 1. The quantitative estimate of drug-likeness (QED) is 0.690. The summed E-state index contributed by atoms with van der Waals surface area (Å²) < 4.78 is 0. The largest absolute Gasteiger partial charge is 0.339 e. The van der Waals surface area contributed by atoms with Crippen LogP contribution in [0.1, 0.15) is 45.4 Å². The first-order valence-electron chi connectivity index (χ1n) is 5.46. The van der Waals surface area contributed by atoms with E-state index in [9.17, 15) is 4.79 Å². The molecule has 1 unspecified atom stereocenters. The Hall–Kier alpha value is -1.04. The van der Waals surface area contributed by atoms with Crippen LogP contribution in [0, 0.1) is 11.3 Å². The van der Waals surface area contributed by atoms with Gasteiger partial charge >= 0.3 is 0 Å². The Bertz CT molecular complexity index is 230. The maximum absolute atomic E-state index is 11.6. The van der Waals surface area contributed by atoms with Crippen molar-refractivity contribution in [2.75, 3.05) is 6.54 Å². The average molecular weight is 194 g/mol. The van der Waals surface area contributed by atoms with Crippen LogP contribution in [0.4, 0.5) is 0 Å². The summed E-state index contributed by atoms with van der Waals surface area (Å²) in [6.45, 7) is 2.99. The summed E-state index contributed by atoms with van der Waals surface area (Å²) in [5.41, 5.74) is 0. The molecule has 0 aliphatic carbocycles. The molecule has 0 aromatic heterocycles. The zero-order chi connectivity index (χ0) is 10.4. The molecule has 0 saturated carbocycles. The summed E-state index contributed by atoms with van der Waals surface area (Å²) in [5.74, 6) is 0.0191. The van der Waals surface area contributed by atoms with Crippen molar-refractivity contribution >= 4 is 5.91 Å². The lowest BCUT2D eigenvalue weighted by atomic mass is 9.98. The Kier molecular flexibility index (Phi) is 4.45. The average Bonchev–Trinajstić information content (AvgIpc) is 2.19. The van der Waals surface area contributed by atoms with Crippen LogP contribution in [0.5, 0.6) is 0 Å². The molecule has 1 aliphatic heterocycles. The number of amides is 1. The van der Waals surface area contributed by atoms with Crippen LogP contribution in [0.15, 0.2) is 0 Å². The van der Waals surface area contributed by atoms with E-state index in [1.54, 1.807) is 0 Å². The van der Waals surface area contributed by atoms with Gasteiger partial charge in [-0.15, -0.1) is 0 Å². The highest BCUT2D eigenvalue weighted by molar-refractivity contribution is 5.78. The summed E-state index contributed by atoms with van der Waals surface area (Å²) in [6, 6.07) is 2.33. The number of hydrogen-bond acceptors (Lipinski definition) is 2. The van der Waals surface area contributed by atoms with Crippen molar-refractivity contribution in [3.63, 3.8) is 0 Å². The van der Waals surface area contributed by atoms with Crippen molar-refractivity contribution in [2.24, 2.45) is 0 Å². The topological polar surface area (TPSA) is 44.1 Å². The van der Waals surface area contributed by atoms with Gasteiger partial charge in [0.2, 0.25) is 5.91 Å². The number of carbonyl (C=O) groups excluding carboxylic acids is 1. The third kappa shape index (κ3) is 2.73. The summed E-state index contributed by atoms with van der Waals surface area (Å²) in [4.78, 5) is 13.5. The number of hydrogen-bond donors (Lipinski definition) is 0. The first-order valence-corrected chi connectivity index (χ1v) is 5.46. The molecule has 3 nitrogen and oxygen atoms in total. The van der Waals surface area contributed by atoms with Gasteiger partial charge < -0.3 is 4.90 Å². The van der Waals surface area contributed by atoms with Crippen LogP contribution < -0.4 is 0 Å². The minimum Gasteiger partial charge on any atom is -0.339 e. The maximum atomic E-state index is 11.6. The molecule has 0 aromatic carbocycles. The first kappa shape index (κ1) is 11.0. The van der Waals surface area contributed by atoms with Gasteiger partial charge in [0, 0.05) is 12.6 Å². The van der Waals surface area contributed by atoms with E-state index >= 15 is 0 Å². The summed E-state index contributed by atoms with van der Waals surface area (Å²) in [5, 5.41) is 8.49. The van der Waals surface area contributed by atoms with E-state index in [4.69, 9.17) is 5.26 Å². The number of rotatable bonds is 3. The number of piperidine rings is 1. The highest BCUT2D eigenvalue weighted by Crippen LogP contribution is 2.21. The molecule has 1 rings (SSSR count). The molecule has 3 heteroatoms. The second kappa shape index (κ2) is 5.64. The van der Waals surface area contributed by atoms with Crippen molar-refractivity contribution < 1.29 is 4.79 Å². The number of carbonyl (C=O) groups is 1. The second-order valence-corrected chi connectivity index (χ2v) is 3.86. The van der Waals surface area contributed by atoms with Gasteiger partial charge in [-0.2, -0.15) is 5.26 Å². The molecule has 1 amide bonds. The van der Waals surface area contributed by atoms with Crippen molar-refractivity contribution in [1.82, 2.24) is 4.90 Å². The molecule has 0 N–H and O–H groups in total. The van der Waals surface area contributed by atoms with Crippen molar-refractivity contribution in [1.29, 1.82) is 5.26 Å². The van der Waals surface area contributed by atoms with Gasteiger partial charge in [-0.3, -0.25) is 4.79 Å². The van der Waals surface area contributed by atoms with Gasteiger partial charge in [-0.25, -0.2) is 0 Å². The van der Waals surface area contributed by atoms with Crippen LogP contribution in [0.3, 0.4) is 0 Å². The van der Waals surface area contributed by atoms with E-state index in [0.29, 0.717) is 6.04 Å². The first-order chi connectivity index (χ1) is 6.79. The van der Waals surface area contributed by atoms with E-state index in [1.165, 1.54) is 6.42 Å². The molecule has 0 aromatic rings. The van der Waals surface area contributed by atoms with E-state index in [1.807, 2.05) is 11.0 Å². The fourth-order valence-corrected chi connectivity index (χ4v) is 2.13. The molecule has 1 aliphatic rings. The summed E-state index contributed by atoms with van der Waals surface area (Å²) in [6.07, 6.45) is 5.67. The van der Waals surface area contributed by atoms with Crippen LogP contribution >= 0.6 is 0 Å². The van der Waals surface area contributed by atoms with Crippen molar-refractivity contribution in [3.8, 4) is 6.07 Å². The minimum atomic E-state index is 0.0191. The van der Waals surface area contributed by atoms with Crippen LogP contribution in [0.2, 0.25) is 0 Å². The molecule has 1 saturated heterocycles. The van der Waals surface area contributed by atoms with Crippen LogP contribution in [-0.2, 0) is 4.79 Å². The Labute approximate surface area is 85.7 Å². The second-order valence-electron chi connectivity index (χ2n) is 3.86. The highest BCUT2D eigenvalue weighted by atomic mass is 16.2. The maximum Gasteiger partial charge on any atom is 0.237 e. The zero-order valence-corrected chi connectivity index (χ0v) is 8.83. The fourth-order valence-electron chi connectivity index (χ4n) is 2.13. The standard InChI is InChI=1S/C11H18N2O/c1-2-5-10-6-3-4-9-13(10)11(14)7-8-12/h10H,2-7,9H2,1H3. The van der Waals surface area contributed by atoms with Gasteiger partial charge in [0.15, 0.2) is 0 Å². The predicted octanol–water partition coefficient (Wildman–Crippen LogP) is 2.08. The fraction of sp³-hybridized carbons (Fsp3) is 0.818. The lowest BCUT2D eigenvalue weighted by Crippen LogP contribution is -2.43. The SMILES string of the molecule is CCCC1CCCCN1C(=O)CC#N. The zero-order valence-electron chi connectivity index (χ0n) is 8.83. The van der Waals surface area contributed by atoms with E-state index in [0.717, 1.165) is 32.2 Å². The lowest BCUT2D eigenvalue weighted by Gasteiger charge is -2.35. The normalized spacial score (nSPS) is 21.7. The molecule has 1 fully saturated rings. The smallest absolute Gasteiger partial charge is 0.237 e. The summed E-state index contributed by atoms with van der Waals surface area (Å²) in [7, 11) is 0. The Morgan fingerprint density at radius 1 is 1.57 bits per heavy atom. The van der Waals surface area contributed by atoms with Gasteiger partial charge in [0.05, 0.1) is 6.07 Å². The van der Waals surface area contributed by atoms with Gasteiger partial charge in [-0.05, 0) is 25.7 Å². The third-order valence-corrected chi connectivity index (χ3v) is 2.80.